The topological polar surface area (TPSA) is 20.2 Å². The van der Waals surface area contributed by atoms with E-state index in [0.29, 0.717) is 0 Å². The Hall–Kier alpha value is -0.870. The molecule has 1 unspecified atom stereocenters. The van der Waals surface area contributed by atoms with Crippen molar-refractivity contribution < 1.29 is 5.11 Å². The molecule has 2 aromatic rings. The third kappa shape index (κ3) is 3.37. The number of rotatable bonds is 5. The lowest BCUT2D eigenvalue weighted by molar-refractivity contribution is 0.186. The number of hydrogen-bond donors (Lipinski definition) is 1. The minimum absolute atomic E-state index is 0.173. The maximum atomic E-state index is 9.94. The summed E-state index contributed by atoms with van der Waals surface area (Å²) >= 11 is 2.31. The fourth-order valence-electron chi connectivity index (χ4n) is 2.47. The minimum Gasteiger partial charge on any atom is -0.395 e. The van der Waals surface area contributed by atoms with Crippen LogP contribution in [0.5, 0.6) is 0 Å². The lowest BCUT2D eigenvalue weighted by Gasteiger charge is -2.31. The summed E-state index contributed by atoms with van der Waals surface area (Å²) in [5.74, 6) is 0. The Morgan fingerprint density at radius 1 is 1.00 bits per heavy atom. The summed E-state index contributed by atoms with van der Waals surface area (Å²) in [4.78, 5) is 0. The molecule has 2 rings (SSSR count). The minimum atomic E-state index is -0.173. The molecule has 0 heterocycles. The predicted molar refractivity (Wildman–Crippen MR) is 88.4 cm³/mol. The van der Waals surface area contributed by atoms with Gasteiger partial charge >= 0.3 is 0 Å². The predicted octanol–water partition coefficient (Wildman–Crippen LogP) is 4.17. The van der Waals surface area contributed by atoms with Crippen molar-refractivity contribution in [3.05, 3.63) is 69.3 Å². The van der Waals surface area contributed by atoms with E-state index in [1.165, 1.54) is 14.7 Å². The molecule has 1 atom stereocenters. The average Bonchev–Trinajstić information content (AvgIpc) is 2.48. The number of hydrogen-bond acceptors (Lipinski definition) is 1. The Kier molecular flexibility index (Phi) is 4.99. The van der Waals surface area contributed by atoms with E-state index in [0.717, 1.165) is 12.8 Å². The third-order valence-corrected chi connectivity index (χ3v) is 4.54. The molecule has 0 fully saturated rings. The Morgan fingerprint density at radius 2 is 1.63 bits per heavy atom. The summed E-state index contributed by atoms with van der Waals surface area (Å²) in [5.41, 5.74) is 2.33. The van der Waals surface area contributed by atoms with Gasteiger partial charge < -0.3 is 5.11 Å². The second-order valence-electron chi connectivity index (χ2n) is 4.96. The highest BCUT2D eigenvalue weighted by atomic mass is 127. The number of aliphatic hydroxyl groups is 1. The first-order valence-corrected chi connectivity index (χ1v) is 7.69. The molecule has 1 N–H and O–H groups in total. The van der Waals surface area contributed by atoms with Gasteiger partial charge in [0.2, 0.25) is 0 Å². The summed E-state index contributed by atoms with van der Waals surface area (Å²) in [6.07, 6.45) is 1.81. The zero-order valence-corrected chi connectivity index (χ0v) is 13.3. The molecule has 1 nitrogen and oxygen atoms in total. The summed E-state index contributed by atoms with van der Waals surface area (Å²) < 4.78 is 1.24. The molecule has 19 heavy (non-hydrogen) atoms. The summed E-state index contributed by atoms with van der Waals surface area (Å²) in [6.45, 7) is 2.33. The van der Waals surface area contributed by atoms with Crippen LogP contribution < -0.4 is 0 Å². The SMILES string of the molecule is CCC(CO)(Cc1ccc(I)cc1)c1ccccc1. The molecule has 0 spiro atoms. The van der Waals surface area contributed by atoms with Gasteiger partial charge in [-0.15, -0.1) is 0 Å². The summed E-state index contributed by atoms with van der Waals surface area (Å²) in [7, 11) is 0. The van der Waals surface area contributed by atoms with Crippen molar-refractivity contribution in [1.29, 1.82) is 0 Å². The van der Waals surface area contributed by atoms with Gasteiger partial charge in [0.05, 0.1) is 6.61 Å². The van der Waals surface area contributed by atoms with Crippen LogP contribution in [0, 0.1) is 3.57 Å². The normalized spacial score (nSPS) is 14.1. The van der Waals surface area contributed by atoms with Crippen LogP contribution in [-0.4, -0.2) is 11.7 Å². The third-order valence-electron chi connectivity index (χ3n) is 3.82. The zero-order chi connectivity index (χ0) is 13.7. The molecule has 0 aromatic heterocycles. The monoisotopic (exact) mass is 366 g/mol. The van der Waals surface area contributed by atoms with E-state index in [1.807, 2.05) is 18.2 Å². The lowest BCUT2D eigenvalue weighted by atomic mass is 9.74. The molecular formula is C17H19IO. The van der Waals surface area contributed by atoms with Crippen molar-refractivity contribution >= 4 is 22.6 Å². The van der Waals surface area contributed by atoms with E-state index in [9.17, 15) is 5.11 Å². The van der Waals surface area contributed by atoms with Crippen molar-refractivity contribution in [3.63, 3.8) is 0 Å². The molecular weight excluding hydrogens is 347 g/mol. The van der Waals surface area contributed by atoms with E-state index < -0.39 is 0 Å². The van der Waals surface area contributed by atoms with Gasteiger partial charge in [0.25, 0.3) is 0 Å². The van der Waals surface area contributed by atoms with Crippen molar-refractivity contribution in [1.82, 2.24) is 0 Å². The number of benzene rings is 2. The van der Waals surface area contributed by atoms with Crippen LogP contribution in [0.3, 0.4) is 0 Å². The van der Waals surface area contributed by atoms with Crippen LogP contribution in [0.25, 0.3) is 0 Å². The lowest BCUT2D eigenvalue weighted by Crippen LogP contribution is -2.32. The largest absolute Gasteiger partial charge is 0.395 e. The van der Waals surface area contributed by atoms with Gasteiger partial charge in [0, 0.05) is 8.99 Å². The molecule has 100 valence electrons. The van der Waals surface area contributed by atoms with Crippen LogP contribution in [0.1, 0.15) is 24.5 Å². The fourth-order valence-corrected chi connectivity index (χ4v) is 2.83. The van der Waals surface area contributed by atoms with E-state index in [4.69, 9.17) is 0 Å². The molecule has 0 aliphatic heterocycles. The first kappa shape index (κ1) is 14.5. The molecule has 0 bridgehead atoms. The van der Waals surface area contributed by atoms with Crippen molar-refractivity contribution in [2.45, 2.75) is 25.2 Å². The highest BCUT2D eigenvalue weighted by molar-refractivity contribution is 14.1. The molecule has 0 aliphatic rings. The van der Waals surface area contributed by atoms with Crippen molar-refractivity contribution in [2.24, 2.45) is 0 Å². The maximum absolute atomic E-state index is 9.94. The second-order valence-corrected chi connectivity index (χ2v) is 6.21. The molecule has 2 heteroatoms. The summed E-state index contributed by atoms with van der Waals surface area (Å²) in [6, 6.07) is 18.9. The van der Waals surface area contributed by atoms with Gasteiger partial charge in [-0.2, -0.15) is 0 Å². The standard InChI is InChI=1S/C17H19IO/c1-2-17(13-19,15-6-4-3-5-7-15)12-14-8-10-16(18)11-9-14/h3-11,19H,2,12-13H2,1H3. The van der Waals surface area contributed by atoms with Gasteiger partial charge in [0.15, 0.2) is 0 Å². The van der Waals surface area contributed by atoms with Crippen LogP contribution >= 0.6 is 22.6 Å². The van der Waals surface area contributed by atoms with Gasteiger partial charge in [-0.25, -0.2) is 0 Å². The second kappa shape index (κ2) is 6.53. The van der Waals surface area contributed by atoms with Crippen molar-refractivity contribution in [3.8, 4) is 0 Å². The van der Waals surface area contributed by atoms with Gasteiger partial charge in [-0.3, -0.25) is 0 Å². The molecule has 0 amide bonds. The number of halogens is 1. The van der Waals surface area contributed by atoms with E-state index in [-0.39, 0.29) is 12.0 Å². The first-order valence-electron chi connectivity index (χ1n) is 6.61. The molecule has 0 saturated heterocycles. The Morgan fingerprint density at radius 3 is 2.16 bits per heavy atom. The number of aliphatic hydroxyl groups excluding tert-OH is 1. The highest BCUT2D eigenvalue weighted by Crippen LogP contribution is 2.31. The molecule has 0 radical (unpaired) electrons. The van der Waals surface area contributed by atoms with Gasteiger partial charge in [-0.1, -0.05) is 49.4 Å². The Bertz CT molecular complexity index is 501. The smallest absolute Gasteiger partial charge is 0.0531 e. The first-order chi connectivity index (χ1) is 9.20. The zero-order valence-electron chi connectivity index (χ0n) is 11.1. The Labute approximate surface area is 128 Å². The van der Waals surface area contributed by atoms with E-state index in [2.05, 4.69) is 65.9 Å². The van der Waals surface area contributed by atoms with E-state index >= 15 is 0 Å². The fraction of sp³-hybridized carbons (Fsp3) is 0.294. The quantitative estimate of drug-likeness (QED) is 0.788. The van der Waals surface area contributed by atoms with E-state index in [1.54, 1.807) is 0 Å². The summed E-state index contributed by atoms with van der Waals surface area (Å²) in [5, 5.41) is 9.94. The average molecular weight is 366 g/mol. The van der Waals surface area contributed by atoms with Crippen LogP contribution in [0.4, 0.5) is 0 Å². The van der Waals surface area contributed by atoms with Crippen LogP contribution in [-0.2, 0) is 11.8 Å². The molecule has 0 aliphatic carbocycles. The van der Waals surface area contributed by atoms with Crippen LogP contribution in [0.2, 0.25) is 0 Å². The molecule has 0 saturated carbocycles. The van der Waals surface area contributed by atoms with Gasteiger partial charge in [-0.05, 0) is 58.7 Å². The Balaban J connectivity index is 2.32. The van der Waals surface area contributed by atoms with Crippen LogP contribution in [0.15, 0.2) is 54.6 Å². The highest BCUT2D eigenvalue weighted by Gasteiger charge is 2.29. The maximum Gasteiger partial charge on any atom is 0.0531 e. The van der Waals surface area contributed by atoms with Gasteiger partial charge in [0.1, 0.15) is 0 Å². The molecule has 2 aromatic carbocycles. The van der Waals surface area contributed by atoms with Crippen molar-refractivity contribution in [2.75, 3.05) is 6.61 Å².